The number of nitrogens with zero attached hydrogens (tertiary/aromatic N) is 1. The number of likely N-dealkylation sites (tertiary alicyclic amines) is 1. The monoisotopic (exact) mass is 280 g/mol. The highest BCUT2D eigenvalue weighted by Gasteiger charge is 2.25. The van der Waals surface area contributed by atoms with Crippen LogP contribution in [0.5, 0.6) is 0 Å². The maximum atomic E-state index is 11.9. The summed E-state index contributed by atoms with van der Waals surface area (Å²) in [5, 5.41) is 3.09. The van der Waals surface area contributed by atoms with Crippen molar-refractivity contribution in [1.82, 2.24) is 10.2 Å². The van der Waals surface area contributed by atoms with Gasteiger partial charge in [0, 0.05) is 25.6 Å². The molecule has 2 amide bonds. The maximum Gasteiger partial charge on any atom is 0.409 e. The zero-order valence-electron chi connectivity index (χ0n) is 12.1. The number of hydrogen-bond donors (Lipinski definition) is 1. The molecular weight excluding hydrogens is 256 g/mol. The van der Waals surface area contributed by atoms with E-state index in [1.807, 2.05) is 6.92 Å². The van der Waals surface area contributed by atoms with Gasteiger partial charge in [-0.25, -0.2) is 4.79 Å². The van der Waals surface area contributed by atoms with Crippen molar-refractivity contribution in [1.29, 1.82) is 0 Å². The molecule has 1 aliphatic carbocycles. The van der Waals surface area contributed by atoms with Gasteiger partial charge in [0.25, 0.3) is 0 Å². The van der Waals surface area contributed by atoms with Gasteiger partial charge in [0.2, 0.25) is 5.91 Å². The van der Waals surface area contributed by atoms with Crippen molar-refractivity contribution in [3.8, 4) is 0 Å². The lowest BCUT2D eigenvalue weighted by Crippen LogP contribution is -2.46. The number of nitrogens with one attached hydrogen (secondary N) is 1. The Hall–Kier alpha value is -1.52. The van der Waals surface area contributed by atoms with E-state index in [4.69, 9.17) is 4.74 Å². The topological polar surface area (TPSA) is 58.6 Å². The highest BCUT2D eigenvalue weighted by atomic mass is 16.6. The van der Waals surface area contributed by atoms with Crippen LogP contribution >= 0.6 is 0 Å². The molecule has 1 fully saturated rings. The van der Waals surface area contributed by atoms with Crippen LogP contribution in [-0.2, 0) is 9.53 Å². The van der Waals surface area contributed by atoms with Crippen LogP contribution in [0.2, 0.25) is 0 Å². The lowest BCUT2D eigenvalue weighted by molar-refractivity contribution is -0.122. The Balaban J connectivity index is 1.67. The number of ether oxygens (including phenoxy) is 1. The van der Waals surface area contributed by atoms with Crippen LogP contribution in [0.1, 0.15) is 39.0 Å². The fourth-order valence-electron chi connectivity index (χ4n) is 2.81. The van der Waals surface area contributed by atoms with Gasteiger partial charge in [-0.05, 0) is 38.5 Å². The van der Waals surface area contributed by atoms with Gasteiger partial charge >= 0.3 is 6.09 Å². The minimum absolute atomic E-state index is 0.135. The highest BCUT2D eigenvalue weighted by Crippen LogP contribution is 2.20. The third-order valence-electron chi connectivity index (χ3n) is 3.95. The van der Waals surface area contributed by atoms with Crippen LogP contribution in [-0.4, -0.2) is 42.6 Å². The first kappa shape index (κ1) is 14.9. The predicted octanol–water partition coefficient (Wildman–Crippen LogP) is 2.08. The lowest BCUT2D eigenvalue weighted by Gasteiger charge is -2.31. The van der Waals surface area contributed by atoms with Gasteiger partial charge in [-0.15, -0.1) is 0 Å². The number of rotatable bonds is 4. The molecule has 1 saturated heterocycles. The Kier molecular flexibility index (Phi) is 5.44. The van der Waals surface area contributed by atoms with E-state index in [1.54, 1.807) is 4.90 Å². The summed E-state index contributed by atoms with van der Waals surface area (Å²) in [6.07, 6.45) is 8.45. The molecule has 0 aromatic rings. The smallest absolute Gasteiger partial charge is 0.409 e. The molecule has 2 rings (SSSR count). The van der Waals surface area contributed by atoms with Gasteiger partial charge in [0.05, 0.1) is 6.61 Å². The van der Waals surface area contributed by atoms with Crippen LogP contribution in [0.15, 0.2) is 12.2 Å². The van der Waals surface area contributed by atoms with E-state index in [1.165, 1.54) is 0 Å². The first-order valence-electron chi connectivity index (χ1n) is 7.56. The van der Waals surface area contributed by atoms with Crippen molar-refractivity contribution in [2.45, 2.75) is 45.1 Å². The van der Waals surface area contributed by atoms with Crippen molar-refractivity contribution in [2.24, 2.45) is 5.92 Å². The number of amides is 2. The highest BCUT2D eigenvalue weighted by molar-refractivity contribution is 5.76. The van der Waals surface area contributed by atoms with Crippen LogP contribution in [0.25, 0.3) is 0 Å². The molecule has 0 saturated carbocycles. The normalized spacial score (nSPS) is 22.9. The van der Waals surface area contributed by atoms with Crippen molar-refractivity contribution < 1.29 is 14.3 Å². The molecule has 0 radical (unpaired) electrons. The molecule has 5 heteroatoms. The van der Waals surface area contributed by atoms with E-state index in [-0.39, 0.29) is 18.0 Å². The zero-order chi connectivity index (χ0) is 14.4. The zero-order valence-corrected chi connectivity index (χ0v) is 12.1. The van der Waals surface area contributed by atoms with Gasteiger partial charge in [-0.3, -0.25) is 4.79 Å². The van der Waals surface area contributed by atoms with Crippen LogP contribution in [0, 0.1) is 5.92 Å². The number of hydrogen-bond acceptors (Lipinski definition) is 3. The summed E-state index contributed by atoms with van der Waals surface area (Å²) in [4.78, 5) is 25.2. The average molecular weight is 280 g/mol. The van der Waals surface area contributed by atoms with E-state index in [0.717, 1.165) is 25.7 Å². The van der Waals surface area contributed by atoms with E-state index >= 15 is 0 Å². The Morgan fingerprint density at radius 1 is 1.30 bits per heavy atom. The number of carbonyl (C=O) groups excluding carboxylic acids is 2. The Bertz CT molecular complexity index is 373. The third-order valence-corrected chi connectivity index (χ3v) is 3.95. The first-order valence-corrected chi connectivity index (χ1v) is 7.56. The quantitative estimate of drug-likeness (QED) is 0.802. The molecule has 1 aliphatic heterocycles. The molecule has 5 nitrogen and oxygen atoms in total. The molecule has 20 heavy (non-hydrogen) atoms. The molecule has 1 atom stereocenters. The van der Waals surface area contributed by atoms with Crippen molar-refractivity contribution in [3.05, 3.63) is 12.2 Å². The Morgan fingerprint density at radius 2 is 2.05 bits per heavy atom. The van der Waals surface area contributed by atoms with E-state index in [9.17, 15) is 9.59 Å². The predicted molar refractivity (Wildman–Crippen MR) is 76.2 cm³/mol. The van der Waals surface area contributed by atoms with Crippen molar-refractivity contribution in [2.75, 3.05) is 19.7 Å². The Labute approximate surface area is 120 Å². The van der Waals surface area contributed by atoms with Crippen LogP contribution in [0.4, 0.5) is 4.79 Å². The maximum absolute atomic E-state index is 11.9. The minimum atomic E-state index is -0.242. The lowest BCUT2D eigenvalue weighted by atomic mass is 10.0. The molecule has 2 aliphatic rings. The summed E-state index contributed by atoms with van der Waals surface area (Å²) in [5.41, 5.74) is 0. The summed E-state index contributed by atoms with van der Waals surface area (Å²) in [6, 6.07) is 0.193. The average Bonchev–Trinajstić information content (AvgIpc) is 2.92. The SMILES string of the molecule is CCOC(=O)N1CCC(NC(=O)CC2C=CCC2)CC1. The fraction of sp³-hybridized carbons (Fsp3) is 0.733. The standard InChI is InChI=1S/C15H24N2O3/c1-2-20-15(19)17-9-7-13(8-10-17)16-14(18)11-12-5-3-4-6-12/h3,5,12-13H,2,4,6-11H2,1H3,(H,16,18). The summed E-state index contributed by atoms with van der Waals surface area (Å²) >= 11 is 0. The van der Waals surface area contributed by atoms with Gasteiger partial charge in [0.15, 0.2) is 0 Å². The number of allylic oxidation sites excluding steroid dienone is 2. The molecule has 1 heterocycles. The summed E-state index contributed by atoms with van der Waals surface area (Å²) < 4.78 is 4.98. The van der Waals surface area contributed by atoms with Gasteiger partial charge in [0.1, 0.15) is 0 Å². The van der Waals surface area contributed by atoms with Crippen LogP contribution < -0.4 is 5.32 Å². The second-order valence-corrected chi connectivity index (χ2v) is 5.50. The van der Waals surface area contributed by atoms with E-state index < -0.39 is 0 Å². The Morgan fingerprint density at radius 3 is 2.65 bits per heavy atom. The molecule has 0 aromatic heterocycles. The van der Waals surface area contributed by atoms with Gasteiger partial charge in [-0.2, -0.15) is 0 Å². The van der Waals surface area contributed by atoms with Gasteiger partial charge < -0.3 is 15.0 Å². The summed E-state index contributed by atoms with van der Waals surface area (Å²) in [5.74, 6) is 0.547. The number of piperidine rings is 1. The van der Waals surface area contributed by atoms with E-state index in [2.05, 4.69) is 17.5 Å². The molecule has 1 unspecified atom stereocenters. The van der Waals surface area contributed by atoms with Crippen molar-refractivity contribution >= 4 is 12.0 Å². The fourth-order valence-corrected chi connectivity index (χ4v) is 2.81. The van der Waals surface area contributed by atoms with Gasteiger partial charge in [-0.1, -0.05) is 12.2 Å². The molecule has 112 valence electrons. The minimum Gasteiger partial charge on any atom is -0.450 e. The van der Waals surface area contributed by atoms with Crippen LogP contribution in [0.3, 0.4) is 0 Å². The molecule has 0 bridgehead atoms. The second-order valence-electron chi connectivity index (χ2n) is 5.50. The van der Waals surface area contributed by atoms with Crippen molar-refractivity contribution in [3.63, 3.8) is 0 Å². The number of carbonyl (C=O) groups is 2. The third kappa shape index (κ3) is 4.25. The summed E-state index contributed by atoms with van der Waals surface area (Å²) in [7, 11) is 0. The summed E-state index contributed by atoms with van der Waals surface area (Å²) in [6.45, 7) is 3.53. The molecule has 0 spiro atoms. The first-order chi connectivity index (χ1) is 9.69. The molecule has 1 N–H and O–H groups in total. The molecular formula is C15H24N2O3. The largest absolute Gasteiger partial charge is 0.450 e. The molecule has 0 aromatic carbocycles. The second kappa shape index (κ2) is 7.31. The van der Waals surface area contributed by atoms with E-state index in [0.29, 0.717) is 32.0 Å².